The van der Waals surface area contributed by atoms with Crippen molar-refractivity contribution in [3.05, 3.63) is 11.6 Å². The van der Waals surface area contributed by atoms with Crippen molar-refractivity contribution < 1.29 is 8.42 Å². The predicted molar refractivity (Wildman–Crippen MR) is 54.6 cm³/mol. The second kappa shape index (κ2) is 3.57. The average molecular weight is 230 g/mol. The van der Waals surface area contributed by atoms with Crippen LogP contribution in [-0.2, 0) is 23.1 Å². The number of aryl methyl sites for hydroxylation is 1. The molecule has 0 spiro atoms. The van der Waals surface area contributed by atoms with Crippen LogP contribution >= 0.6 is 0 Å². The van der Waals surface area contributed by atoms with E-state index >= 15 is 0 Å². The summed E-state index contributed by atoms with van der Waals surface area (Å²) in [5.74, 6) is 1.57. The van der Waals surface area contributed by atoms with E-state index in [0.717, 1.165) is 5.82 Å². The summed E-state index contributed by atoms with van der Waals surface area (Å²) in [4.78, 5) is 4.19. The number of nitrogens with zero attached hydrogens (tertiary/aromatic N) is 4. The van der Waals surface area contributed by atoms with Gasteiger partial charge in [-0.2, -0.15) is 9.40 Å². The molecule has 1 aromatic heterocycles. The molecule has 0 saturated heterocycles. The van der Waals surface area contributed by atoms with E-state index in [1.54, 1.807) is 11.6 Å². The van der Waals surface area contributed by atoms with Crippen LogP contribution in [0, 0.1) is 6.92 Å². The van der Waals surface area contributed by atoms with Crippen molar-refractivity contribution >= 4 is 10.0 Å². The van der Waals surface area contributed by atoms with E-state index in [2.05, 4.69) is 10.1 Å². The fourth-order valence-electron chi connectivity index (χ4n) is 1.66. The summed E-state index contributed by atoms with van der Waals surface area (Å²) in [6.45, 7) is 4.89. The zero-order valence-corrected chi connectivity index (χ0v) is 9.66. The molecule has 2 rings (SSSR count). The van der Waals surface area contributed by atoms with E-state index in [0.29, 0.717) is 25.5 Å². The molecule has 0 fully saturated rings. The lowest BCUT2D eigenvalue weighted by Crippen LogP contribution is -2.39. The average Bonchev–Trinajstić information content (AvgIpc) is 2.56. The van der Waals surface area contributed by atoms with Crippen molar-refractivity contribution in [3.8, 4) is 0 Å². The van der Waals surface area contributed by atoms with Gasteiger partial charge in [0, 0.05) is 6.54 Å². The molecule has 0 aliphatic carbocycles. The minimum Gasteiger partial charge on any atom is -0.247 e. The van der Waals surface area contributed by atoms with Crippen LogP contribution in [0.1, 0.15) is 18.6 Å². The third-order valence-electron chi connectivity index (χ3n) is 2.49. The van der Waals surface area contributed by atoms with Crippen molar-refractivity contribution in [2.45, 2.75) is 26.9 Å². The maximum absolute atomic E-state index is 11.6. The molecule has 1 aliphatic rings. The largest absolute Gasteiger partial charge is 0.247 e. The van der Waals surface area contributed by atoms with Gasteiger partial charge in [0.1, 0.15) is 11.6 Å². The topological polar surface area (TPSA) is 68.1 Å². The highest BCUT2D eigenvalue weighted by Gasteiger charge is 2.26. The summed E-state index contributed by atoms with van der Waals surface area (Å²) < 4.78 is 26.5. The highest BCUT2D eigenvalue weighted by molar-refractivity contribution is 7.89. The minimum atomic E-state index is -3.10. The zero-order valence-electron chi connectivity index (χ0n) is 8.84. The summed E-state index contributed by atoms with van der Waals surface area (Å²) >= 11 is 0. The van der Waals surface area contributed by atoms with Gasteiger partial charge in [-0.25, -0.2) is 18.1 Å². The van der Waals surface area contributed by atoms with Crippen LogP contribution < -0.4 is 0 Å². The number of aromatic nitrogens is 3. The Morgan fingerprint density at radius 1 is 1.40 bits per heavy atom. The van der Waals surface area contributed by atoms with Crippen molar-refractivity contribution in [2.24, 2.45) is 0 Å². The summed E-state index contributed by atoms with van der Waals surface area (Å²) in [5.41, 5.74) is 0. The lowest BCUT2D eigenvalue weighted by atomic mass is 10.4. The highest BCUT2D eigenvalue weighted by atomic mass is 32.2. The van der Waals surface area contributed by atoms with Crippen LogP contribution in [0.3, 0.4) is 0 Å². The normalized spacial score (nSPS) is 17.7. The molecule has 0 saturated carbocycles. The fraction of sp³-hybridized carbons (Fsp3) is 0.750. The Labute approximate surface area is 89.0 Å². The second-order valence-corrected chi connectivity index (χ2v) is 5.79. The maximum atomic E-state index is 11.6. The fourth-order valence-corrected chi connectivity index (χ4v) is 2.70. The van der Waals surface area contributed by atoms with Crippen LogP contribution in [0.25, 0.3) is 0 Å². The lowest BCUT2D eigenvalue weighted by molar-refractivity contribution is 0.322. The quantitative estimate of drug-likeness (QED) is 0.702. The molecule has 0 amide bonds. The predicted octanol–water partition coefficient (Wildman–Crippen LogP) is -0.248. The molecule has 0 unspecified atom stereocenters. The van der Waals surface area contributed by atoms with Gasteiger partial charge in [-0.3, -0.25) is 0 Å². The SMILES string of the molecule is CCS(=O)(=O)N1CCn2nc(C)nc2C1. The van der Waals surface area contributed by atoms with Gasteiger partial charge in [-0.1, -0.05) is 0 Å². The summed E-state index contributed by atoms with van der Waals surface area (Å²) in [6, 6.07) is 0. The molecule has 0 aromatic carbocycles. The molecule has 0 radical (unpaired) electrons. The zero-order chi connectivity index (χ0) is 11.1. The molecule has 0 atom stereocenters. The molecular weight excluding hydrogens is 216 g/mol. The molecule has 1 aromatic rings. The number of rotatable bonds is 2. The maximum Gasteiger partial charge on any atom is 0.214 e. The first-order valence-electron chi connectivity index (χ1n) is 4.91. The number of sulfonamides is 1. The van der Waals surface area contributed by atoms with E-state index in [-0.39, 0.29) is 5.75 Å². The molecule has 7 heteroatoms. The van der Waals surface area contributed by atoms with Crippen molar-refractivity contribution in [1.29, 1.82) is 0 Å². The Hall–Kier alpha value is -0.950. The molecule has 0 bridgehead atoms. The van der Waals surface area contributed by atoms with Gasteiger partial charge in [0.2, 0.25) is 10.0 Å². The lowest BCUT2D eigenvalue weighted by Gasteiger charge is -2.25. The van der Waals surface area contributed by atoms with Crippen molar-refractivity contribution in [1.82, 2.24) is 19.1 Å². The van der Waals surface area contributed by atoms with Gasteiger partial charge < -0.3 is 0 Å². The van der Waals surface area contributed by atoms with Gasteiger partial charge in [-0.15, -0.1) is 0 Å². The van der Waals surface area contributed by atoms with Crippen molar-refractivity contribution in [3.63, 3.8) is 0 Å². The highest BCUT2D eigenvalue weighted by Crippen LogP contribution is 2.13. The molecular formula is C8H14N4O2S. The van der Waals surface area contributed by atoms with Gasteiger partial charge >= 0.3 is 0 Å². The van der Waals surface area contributed by atoms with E-state index < -0.39 is 10.0 Å². The first-order valence-corrected chi connectivity index (χ1v) is 6.52. The van der Waals surface area contributed by atoms with Crippen LogP contribution in [0.15, 0.2) is 0 Å². The minimum absolute atomic E-state index is 0.139. The Morgan fingerprint density at radius 3 is 2.80 bits per heavy atom. The number of hydrogen-bond acceptors (Lipinski definition) is 4. The Bertz CT molecular complexity index is 465. The van der Waals surface area contributed by atoms with Crippen LogP contribution in [0.2, 0.25) is 0 Å². The van der Waals surface area contributed by atoms with Gasteiger partial charge in [0.05, 0.1) is 18.8 Å². The van der Waals surface area contributed by atoms with Crippen LogP contribution in [0.5, 0.6) is 0 Å². The smallest absolute Gasteiger partial charge is 0.214 e. The van der Waals surface area contributed by atoms with Crippen LogP contribution in [-0.4, -0.2) is 39.8 Å². The van der Waals surface area contributed by atoms with E-state index in [1.165, 1.54) is 4.31 Å². The second-order valence-electron chi connectivity index (χ2n) is 3.53. The summed E-state index contributed by atoms with van der Waals surface area (Å²) in [7, 11) is -3.10. The Morgan fingerprint density at radius 2 is 2.13 bits per heavy atom. The Balaban J connectivity index is 2.26. The van der Waals surface area contributed by atoms with Crippen molar-refractivity contribution in [2.75, 3.05) is 12.3 Å². The molecule has 15 heavy (non-hydrogen) atoms. The van der Waals surface area contributed by atoms with Gasteiger partial charge in [0.25, 0.3) is 0 Å². The third-order valence-corrected chi connectivity index (χ3v) is 4.32. The summed E-state index contributed by atoms with van der Waals surface area (Å²) in [5, 5.41) is 4.18. The van der Waals surface area contributed by atoms with E-state index in [4.69, 9.17) is 0 Å². The standard InChI is InChI=1S/C8H14N4O2S/c1-3-15(13,14)11-4-5-12-8(6-11)9-7(2)10-12/h3-6H2,1-2H3. The Kier molecular flexibility index (Phi) is 2.51. The number of fused-ring (bicyclic) bond motifs is 1. The monoisotopic (exact) mass is 230 g/mol. The molecule has 6 nitrogen and oxygen atoms in total. The first-order chi connectivity index (χ1) is 7.03. The van der Waals surface area contributed by atoms with E-state index in [9.17, 15) is 8.42 Å². The van der Waals surface area contributed by atoms with Crippen LogP contribution in [0.4, 0.5) is 0 Å². The number of hydrogen-bond donors (Lipinski definition) is 0. The molecule has 0 N–H and O–H groups in total. The summed E-state index contributed by atoms with van der Waals surface area (Å²) in [6.07, 6.45) is 0. The first kappa shape index (κ1) is 10.6. The third kappa shape index (κ3) is 1.89. The molecule has 84 valence electrons. The van der Waals surface area contributed by atoms with E-state index in [1.807, 2.05) is 6.92 Å². The molecule has 2 heterocycles. The molecule has 1 aliphatic heterocycles. The van der Waals surface area contributed by atoms with Gasteiger partial charge in [-0.05, 0) is 13.8 Å². The van der Waals surface area contributed by atoms with Gasteiger partial charge in [0.15, 0.2) is 0 Å².